The Morgan fingerprint density at radius 3 is 2.95 bits per heavy atom. The van der Waals surface area contributed by atoms with Crippen molar-refractivity contribution in [2.75, 3.05) is 20.7 Å². The summed E-state index contributed by atoms with van der Waals surface area (Å²) in [4.78, 5) is 14.2. The number of carbonyl (C=O) groups excluding carboxylic acids is 1. The molecule has 0 bridgehead atoms. The van der Waals surface area contributed by atoms with E-state index in [2.05, 4.69) is 10.2 Å². The van der Waals surface area contributed by atoms with Gasteiger partial charge < -0.3 is 10.1 Å². The molecule has 0 aromatic heterocycles. The van der Waals surface area contributed by atoms with Crippen LogP contribution in [0, 0.1) is 5.82 Å². The van der Waals surface area contributed by atoms with Crippen LogP contribution in [0.25, 0.3) is 0 Å². The Hall–Kier alpha value is -1.62. The maximum Gasteiger partial charge on any atom is 0.237 e. The predicted octanol–water partition coefficient (Wildman–Crippen LogP) is 1.93. The Kier molecular flexibility index (Phi) is 4.95. The van der Waals surface area contributed by atoms with Gasteiger partial charge in [-0.25, -0.2) is 4.39 Å². The second-order valence-electron chi connectivity index (χ2n) is 5.18. The van der Waals surface area contributed by atoms with Crippen molar-refractivity contribution < 1.29 is 13.9 Å². The van der Waals surface area contributed by atoms with Crippen molar-refractivity contribution in [2.45, 2.75) is 31.8 Å². The Balaban J connectivity index is 1.91. The molecular weight excluding hydrogens is 259 g/mol. The molecule has 1 fully saturated rings. The largest absolute Gasteiger partial charge is 0.494 e. The maximum absolute atomic E-state index is 13.5. The Labute approximate surface area is 118 Å². The third-order valence-electron chi connectivity index (χ3n) is 3.76. The number of rotatable bonds is 4. The number of halogens is 1. The Morgan fingerprint density at radius 2 is 2.30 bits per heavy atom. The highest BCUT2D eigenvalue weighted by atomic mass is 19.1. The molecule has 5 heteroatoms. The van der Waals surface area contributed by atoms with Crippen LogP contribution in [0.4, 0.5) is 4.39 Å². The lowest BCUT2D eigenvalue weighted by Gasteiger charge is -2.31. The van der Waals surface area contributed by atoms with Gasteiger partial charge in [0.15, 0.2) is 11.6 Å². The molecule has 1 atom stereocenters. The number of nitrogens with zero attached hydrogens (tertiary/aromatic N) is 1. The first kappa shape index (κ1) is 14.8. The van der Waals surface area contributed by atoms with Gasteiger partial charge in [0, 0.05) is 6.54 Å². The summed E-state index contributed by atoms with van der Waals surface area (Å²) in [5, 5.41) is 2.88. The number of hydrogen-bond donors (Lipinski definition) is 1. The first-order chi connectivity index (χ1) is 9.61. The monoisotopic (exact) mass is 280 g/mol. The third-order valence-corrected chi connectivity index (χ3v) is 3.76. The minimum Gasteiger partial charge on any atom is -0.494 e. The summed E-state index contributed by atoms with van der Waals surface area (Å²) in [5.74, 6) is -0.176. The molecule has 1 unspecified atom stereocenters. The van der Waals surface area contributed by atoms with Gasteiger partial charge in [0.1, 0.15) is 0 Å². The standard InChI is InChI=1S/C15H21FN2O2/c1-18-8-4-3-5-13(18)15(19)17-10-11-6-7-14(20-2)12(16)9-11/h6-7,9,13H,3-5,8,10H2,1-2H3,(H,17,19). The molecule has 1 N–H and O–H groups in total. The molecule has 1 aliphatic heterocycles. The number of hydrogen-bond acceptors (Lipinski definition) is 3. The fourth-order valence-corrected chi connectivity index (χ4v) is 2.53. The van der Waals surface area contributed by atoms with Crippen molar-refractivity contribution in [2.24, 2.45) is 0 Å². The summed E-state index contributed by atoms with van der Waals surface area (Å²) in [6.07, 6.45) is 3.11. The van der Waals surface area contributed by atoms with E-state index < -0.39 is 5.82 Å². The average Bonchev–Trinajstić information content (AvgIpc) is 2.45. The zero-order valence-electron chi connectivity index (χ0n) is 12.0. The van der Waals surface area contributed by atoms with Crippen LogP contribution < -0.4 is 10.1 Å². The van der Waals surface area contributed by atoms with Crippen LogP contribution in [0.5, 0.6) is 5.75 Å². The van der Waals surface area contributed by atoms with Crippen LogP contribution in [-0.4, -0.2) is 37.6 Å². The first-order valence-electron chi connectivity index (χ1n) is 6.92. The predicted molar refractivity (Wildman–Crippen MR) is 75.1 cm³/mol. The van der Waals surface area contributed by atoms with Gasteiger partial charge in [-0.3, -0.25) is 9.69 Å². The SMILES string of the molecule is COc1ccc(CNC(=O)C2CCCCN2C)cc1F. The quantitative estimate of drug-likeness (QED) is 0.916. The minimum atomic E-state index is -0.408. The fraction of sp³-hybridized carbons (Fsp3) is 0.533. The van der Waals surface area contributed by atoms with Gasteiger partial charge >= 0.3 is 0 Å². The van der Waals surface area contributed by atoms with Gasteiger partial charge in [-0.2, -0.15) is 0 Å². The summed E-state index contributed by atoms with van der Waals surface area (Å²) in [5.41, 5.74) is 0.732. The second-order valence-corrected chi connectivity index (χ2v) is 5.18. The van der Waals surface area contributed by atoms with E-state index in [1.165, 1.54) is 13.2 Å². The van der Waals surface area contributed by atoms with E-state index in [0.717, 1.165) is 31.4 Å². The van der Waals surface area contributed by atoms with Crippen molar-refractivity contribution >= 4 is 5.91 Å². The van der Waals surface area contributed by atoms with Crippen molar-refractivity contribution in [1.82, 2.24) is 10.2 Å². The molecule has 1 aliphatic rings. The van der Waals surface area contributed by atoms with Gasteiger partial charge in [-0.15, -0.1) is 0 Å². The van der Waals surface area contributed by atoms with Crippen molar-refractivity contribution in [3.05, 3.63) is 29.6 Å². The number of amides is 1. The second kappa shape index (κ2) is 6.70. The zero-order chi connectivity index (χ0) is 14.5. The van der Waals surface area contributed by atoms with Crippen LogP contribution in [0.3, 0.4) is 0 Å². The number of likely N-dealkylation sites (tertiary alicyclic amines) is 1. The van der Waals surface area contributed by atoms with Crippen molar-refractivity contribution in [3.8, 4) is 5.75 Å². The normalized spacial score (nSPS) is 19.6. The summed E-state index contributed by atoms with van der Waals surface area (Å²) < 4.78 is 18.4. The van der Waals surface area contributed by atoms with Gasteiger partial charge in [0.2, 0.25) is 5.91 Å². The van der Waals surface area contributed by atoms with E-state index >= 15 is 0 Å². The highest BCUT2D eigenvalue weighted by molar-refractivity contribution is 5.81. The fourth-order valence-electron chi connectivity index (χ4n) is 2.53. The molecule has 0 aliphatic carbocycles. The number of piperidine rings is 1. The summed E-state index contributed by atoms with van der Waals surface area (Å²) in [7, 11) is 3.40. The molecule has 0 saturated carbocycles. The van der Waals surface area contributed by atoms with E-state index in [1.54, 1.807) is 12.1 Å². The Bertz CT molecular complexity index is 479. The van der Waals surface area contributed by atoms with Gasteiger partial charge in [-0.05, 0) is 44.1 Å². The lowest BCUT2D eigenvalue weighted by Crippen LogP contribution is -2.47. The molecule has 1 amide bonds. The molecule has 1 saturated heterocycles. The van der Waals surface area contributed by atoms with Crippen LogP contribution in [-0.2, 0) is 11.3 Å². The molecule has 2 rings (SSSR count). The number of nitrogens with one attached hydrogen (secondary N) is 1. The van der Waals surface area contributed by atoms with Crippen molar-refractivity contribution in [3.63, 3.8) is 0 Å². The van der Waals surface area contributed by atoms with Gasteiger partial charge in [0.25, 0.3) is 0 Å². The van der Waals surface area contributed by atoms with E-state index in [-0.39, 0.29) is 17.7 Å². The number of carbonyl (C=O) groups is 1. The molecule has 20 heavy (non-hydrogen) atoms. The highest BCUT2D eigenvalue weighted by Gasteiger charge is 2.25. The molecule has 4 nitrogen and oxygen atoms in total. The average molecular weight is 280 g/mol. The van der Waals surface area contributed by atoms with Crippen LogP contribution in [0.1, 0.15) is 24.8 Å². The van der Waals surface area contributed by atoms with Crippen LogP contribution >= 0.6 is 0 Å². The summed E-state index contributed by atoms with van der Waals surface area (Å²) in [6, 6.07) is 4.66. The molecule has 1 aromatic carbocycles. The van der Waals surface area contributed by atoms with Gasteiger partial charge in [0.05, 0.1) is 13.2 Å². The molecule has 0 spiro atoms. The van der Waals surface area contributed by atoms with Gasteiger partial charge in [-0.1, -0.05) is 12.5 Å². The third kappa shape index (κ3) is 3.48. The maximum atomic E-state index is 13.5. The molecular formula is C15H21FN2O2. The highest BCUT2D eigenvalue weighted by Crippen LogP contribution is 2.18. The number of benzene rings is 1. The summed E-state index contributed by atoms with van der Waals surface area (Å²) in [6.45, 7) is 1.29. The van der Waals surface area contributed by atoms with E-state index in [1.807, 2.05) is 7.05 Å². The lowest BCUT2D eigenvalue weighted by atomic mass is 10.0. The molecule has 1 heterocycles. The number of methoxy groups -OCH3 is 1. The number of likely N-dealkylation sites (N-methyl/N-ethyl adjacent to an activating group) is 1. The van der Waals surface area contributed by atoms with E-state index in [0.29, 0.717) is 6.54 Å². The van der Waals surface area contributed by atoms with E-state index in [9.17, 15) is 9.18 Å². The smallest absolute Gasteiger partial charge is 0.237 e. The molecule has 1 aromatic rings. The van der Waals surface area contributed by atoms with Crippen LogP contribution in [0.2, 0.25) is 0 Å². The first-order valence-corrected chi connectivity index (χ1v) is 6.92. The minimum absolute atomic E-state index is 0.0171. The van der Waals surface area contributed by atoms with E-state index in [4.69, 9.17) is 4.74 Å². The van der Waals surface area contributed by atoms with Crippen molar-refractivity contribution in [1.29, 1.82) is 0 Å². The topological polar surface area (TPSA) is 41.6 Å². The lowest BCUT2D eigenvalue weighted by molar-refractivity contribution is -0.127. The molecule has 110 valence electrons. The number of ether oxygens (including phenoxy) is 1. The molecule has 0 radical (unpaired) electrons. The van der Waals surface area contributed by atoms with Crippen LogP contribution in [0.15, 0.2) is 18.2 Å². The zero-order valence-corrected chi connectivity index (χ0v) is 12.0. The Morgan fingerprint density at radius 1 is 1.50 bits per heavy atom. The summed E-state index contributed by atoms with van der Waals surface area (Å²) >= 11 is 0.